The first kappa shape index (κ1) is 76.7. The molecule has 0 unspecified atom stereocenters. The van der Waals surface area contributed by atoms with Gasteiger partial charge in [-0.3, -0.25) is 0 Å². The van der Waals surface area contributed by atoms with E-state index in [1.54, 1.807) is 0 Å². The molecule has 4 nitrogen and oxygen atoms in total. The van der Waals surface area contributed by atoms with Crippen molar-refractivity contribution >= 4 is 204 Å². The lowest BCUT2D eigenvalue weighted by Crippen LogP contribution is -2.16. The van der Waals surface area contributed by atoms with Gasteiger partial charge in [-0.25, -0.2) is 0 Å². The molecule has 0 spiro atoms. The van der Waals surface area contributed by atoms with Gasteiger partial charge in [0.25, 0.3) is 0 Å². The lowest BCUT2D eigenvalue weighted by atomic mass is 9.82. The monoisotopic (exact) mass is 1740 g/mol. The number of aromatic nitrogens is 2. The Morgan fingerprint density at radius 2 is 0.527 bits per heavy atom. The van der Waals surface area contributed by atoms with Crippen LogP contribution in [0.2, 0.25) is 0 Å². The van der Waals surface area contributed by atoms with Gasteiger partial charge in [-0.05, 0) is 224 Å². The van der Waals surface area contributed by atoms with Crippen molar-refractivity contribution in [3.8, 4) is 78.1 Å². The van der Waals surface area contributed by atoms with E-state index in [4.69, 9.17) is 0 Å². The molecule has 27 rings (SSSR count). The van der Waals surface area contributed by atoms with Crippen LogP contribution in [0.5, 0.6) is 0 Å². The number of thiophene rings is 4. The molecule has 1 aliphatic carbocycles. The minimum Gasteiger partial charge on any atom is -0.310 e. The van der Waals surface area contributed by atoms with Crippen molar-refractivity contribution in [1.29, 1.82) is 0 Å². The number of nitrogens with zero attached hydrogens (tertiary/aromatic N) is 4. The van der Waals surface area contributed by atoms with Gasteiger partial charge in [-0.2, -0.15) is 0 Å². The third kappa shape index (κ3) is 12.6. The summed E-state index contributed by atoms with van der Waals surface area (Å²) in [7, 11) is 0. The first-order valence-corrected chi connectivity index (χ1v) is 48.1. The van der Waals surface area contributed by atoms with Crippen LogP contribution in [0.3, 0.4) is 0 Å². The van der Waals surface area contributed by atoms with Crippen molar-refractivity contribution in [2.24, 2.45) is 0 Å². The van der Waals surface area contributed by atoms with Gasteiger partial charge in [-0.15, -0.1) is 45.3 Å². The number of anilines is 6. The van der Waals surface area contributed by atoms with Gasteiger partial charge in [-0.1, -0.05) is 305 Å². The number of fused-ring (bicyclic) bond motifs is 23. The molecule has 6 aromatic heterocycles. The average Bonchev–Trinajstić information content (AvgIpc) is 1.54. The molecular weight excluding hydrogens is 1660 g/mol. The smallest absolute Gasteiger partial charge is 0.0634 e. The zero-order valence-electron chi connectivity index (χ0n) is 71.6. The van der Waals surface area contributed by atoms with E-state index in [-0.39, 0.29) is 5.41 Å². The van der Waals surface area contributed by atoms with E-state index >= 15 is 0 Å². The van der Waals surface area contributed by atoms with Crippen LogP contribution in [0.4, 0.5) is 34.1 Å². The van der Waals surface area contributed by atoms with Crippen molar-refractivity contribution in [1.82, 2.24) is 9.13 Å². The Morgan fingerprint density at radius 3 is 0.969 bits per heavy atom. The number of hydrogen-bond donors (Lipinski definition) is 0. The van der Waals surface area contributed by atoms with Crippen LogP contribution in [-0.4, -0.2) is 9.13 Å². The van der Waals surface area contributed by atoms with Gasteiger partial charge in [0.1, 0.15) is 0 Å². The summed E-state index contributed by atoms with van der Waals surface area (Å²) in [6.07, 6.45) is 0. The third-order valence-electron chi connectivity index (χ3n) is 27.1. The molecule has 131 heavy (non-hydrogen) atoms. The third-order valence-corrected chi connectivity index (χ3v) is 31.9. The zero-order valence-corrected chi connectivity index (χ0v) is 74.9. The Hall–Kier alpha value is -15.5. The number of para-hydroxylation sites is 2. The number of hydrogen-bond acceptors (Lipinski definition) is 6. The molecule has 8 heteroatoms. The highest BCUT2D eigenvalue weighted by Crippen LogP contribution is 2.55. The highest BCUT2D eigenvalue weighted by molar-refractivity contribution is 7.27. The molecule has 0 radical (unpaired) electrons. The van der Waals surface area contributed by atoms with Crippen LogP contribution in [0, 0.1) is 0 Å². The van der Waals surface area contributed by atoms with Crippen molar-refractivity contribution in [2.45, 2.75) is 19.3 Å². The Balaban J connectivity index is 0.000000138. The van der Waals surface area contributed by atoms with E-state index in [1.165, 1.54) is 214 Å². The summed E-state index contributed by atoms with van der Waals surface area (Å²) in [6, 6.07) is 166. The van der Waals surface area contributed by atoms with Crippen LogP contribution in [0.25, 0.3) is 202 Å². The molecule has 0 saturated heterocycles. The predicted molar refractivity (Wildman–Crippen MR) is 567 cm³/mol. The highest BCUT2D eigenvalue weighted by atomic mass is 32.1. The molecule has 0 fully saturated rings. The molecule has 20 aromatic carbocycles. The molecule has 1 aliphatic rings. The van der Waals surface area contributed by atoms with Crippen LogP contribution in [0.15, 0.2) is 449 Å². The normalized spacial score (nSPS) is 12.4. The zero-order chi connectivity index (χ0) is 86.5. The van der Waals surface area contributed by atoms with E-state index in [0.717, 1.165) is 34.1 Å². The van der Waals surface area contributed by atoms with Gasteiger partial charge in [0, 0.05) is 164 Å². The van der Waals surface area contributed by atoms with Crippen molar-refractivity contribution in [2.75, 3.05) is 9.80 Å². The molecule has 0 saturated carbocycles. The highest BCUT2D eigenvalue weighted by Gasteiger charge is 2.36. The van der Waals surface area contributed by atoms with E-state index in [0.29, 0.717) is 0 Å². The standard InChI is InChI=1S/C63H42N2S2.C60H38N2S2/c1-63(2)54-23-10-6-19-46(54)47-33-31-45(37-55(47)63)64(42-29-27-40(28-30-42)39-15-4-3-5-16-39)43-18-14-17-41(35-43)51-38-53-48-20-7-11-24-56(48)65(61(53)60-50-22-9-13-26-58(50)67-62(51)60)44-32-34-59-52(36-44)49-21-8-12-25-57(49)66-59;1-3-14-39(15-4-1)41-26-30-44(31-27-41)61(45-32-28-42(29-33-45)40-16-5-2-6-17-40)46-19-13-18-43(36-46)51-38-53-48-20-7-10-23-54(48)62(59(53)58-50-22-9-12-25-56(50)64-60(51)58)47-34-35-57-52(37-47)49-21-8-11-24-55(49)63-57/h3-38H,1-2H3;1-38H. The van der Waals surface area contributed by atoms with E-state index < -0.39 is 0 Å². The lowest BCUT2D eigenvalue weighted by Gasteiger charge is -2.28. The molecule has 0 bridgehead atoms. The fraction of sp³-hybridized carbons (Fsp3) is 0.0244. The number of rotatable bonds is 13. The van der Waals surface area contributed by atoms with Gasteiger partial charge in [0.2, 0.25) is 0 Å². The Labute approximate surface area is 773 Å². The van der Waals surface area contributed by atoms with E-state index in [2.05, 4.69) is 482 Å². The quantitative estimate of drug-likeness (QED) is 0.114. The second kappa shape index (κ2) is 30.9. The Kier molecular flexibility index (Phi) is 18.1. The fourth-order valence-corrected chi connectivity index (χ4v) is 25.7. The molecule has 0 atom stereocenters. The fourth-order valence-electron chi connectivity index (χ4n) is 21.0. The molecular formula is C123H80N4S4. The molecule has 6 heterocycles. The first-order chi connectivity index (χ1) is 64.7. The average molecular weight is 1740 g/mol. The van der Waals surface area contributed by atoms with Gasteiger partial charge < -0.3 is 18.9 Å². The summed E-state index contributed by atoms with van der Waals surface area (Å²) in [5.74, 6) is 0. The maximum atomic E-state index is 2.53. The SMILES string of the molecule is CC1(C)c2ccccc2-c2ccc(N(c3ccc(-c4ccccc4)cc3)c3cccc(-c4cc5c6ccccc6n(-c6ccc7sc8ccccc8c7c6)c5c5c4sc4ccccc45)c3)cc21.c1ccc(-c2ccc(N(c3ccc(-c4ccccc4)cc3)c3cccc(-c4cc5c6ccccc6n(-c6ccc7sc8ccccc8c7c6)c5c5c4sc4ccccc45)c3)cc2)cc1. The van der Waals surface area contributed by atoms with Gasteiger partial charge in [0.05, 0.1) is 22.1 Å². The summed E-state index contributed by atoms with van der Waals surface area (Å²) in [6.45, 7) is 4.74. The largest absolute Gasteiger partial charge is 0.310 e. The van der Waals surface area contributed by atoms with Crippen molar-refractivity contribution < 1.29 is 0 Å². The summed E-state index contributed by atoms with van der Waals surface area (Å²) in [5, 5.41) is 15.4. The summed E-state index contributed by atoms with van der Waals surface area (Å²) in [5.41, 5.74) is 31.3. The second-order valence-electron chi connectivity index (χ2n) is 34.9. The molecule has 26 aromatic rings. The molecule has 616 valence electrons. The lowest BCUT2D eigenvalue weighted by molar-refractivity contribution is 0.660. The van der Waals surface area contributed by atoms with Gasteiger partial charge >= 0.3 is 0 Å². The van der Waals surface area contributed by atoms with E-state index in [9.17, 15) is 0 Å². The Morgan fingerprint density at radius 1 is 0.198 bits per heavy atom. The minimum absolute atomic E-state index is 0.128. The summed E-state index contributed by atoms with van der Waals surface area (Å²) in [4.78, 5) is 4.85. The van der Waals surface area contributed by atoms with Crippen molar-refractivity contribution in [3.05, 3.63) is 460 Å². The van der Waals surface area contributed by atoms with Crippen LogP contribution < -0.4 is 9.80 Å². The first-order valence-electron chi connectivity index (χ1n) is 44.8. The maximum absolute atomic E-state index is 2.53. The molecule has 0 aliphatic heterocycles. The Bertz CT molecular complexity index is 8980. The van der Waals surface area contributed by atoms with Gasteiger partial charge in [0.15, 0.2) is 0 Å². The van der Waals surface area contributed by atoms with Crippen LogP contribution in [-0.2, 0) is 5.41 Å². The summed E-state index contributed by atoms with van der Waals surface area (Å²) >= 11 is 7.54. The topological polar surface area (TPSA) is 16.3 Å². The van der Waals surface area contributed by atoms with Crippen LogP contribution >= 0.6 is 45.3 Å². The van der Waals surface area contributed by atoms with Crippen LogP contribution in [0.1, 0.15) is 25.0 Å². The van der Waals surface area contributed by atoms with E-state index in [1.807, 2.05) is 45.3 Å². The molecule has 0 amide bonds. The molecule has 0 N–H and O–H groups in total. The summed E-state index contributed by atoms with van der Waals surface area (Å²) < 4.78 is 15.5. The predicted octanol–water partition coefficient (Wildman–Crippen LogP) is 36.6. The minimum atomic E-state index is -0.128. The second-order valence-corrected chi connectivity index (χ2v) is 39.2. The number of benzene rings is 20. The maximum Gasteiger partial charge on any atom is 0.0634 e. The van der Waals surface area contributed by atoms with Crippen molar-refractivity contribution in [3.63, 3.8) is 0 Å².